The van der Waals surface area contributed by atoms with Crippen LogP contribution in [0.25, 0.3) is 5.52 Å². The minimum absolute atomic E-state index is 0.000589. The fraction of sp³-hybridized carbons (Fsp3) is 0.286. The standard InChI is InChI=1S/C21H19N5O4/c1-13-5-7-14(8-6-13)17-9-15(11-29-17)20-23-18(30-24-20)10-26-21(28)16-3-2-4-19(27)25(16)12-22-26/h2-8,12,15,17H,9-11H2,1H3/t15-,17+/m0/s1. The Morgan fingerprint density at radius 3 is 2.80 bits per heavy atom. The third kappa shape index (κ3) is 3.33. The second-order valence-electron chi connectivity index (χ2n) is 7.42. The topological polar surface area (TPSA) is 105 Å². The Labute approximate surface area is 170 Å². The van der Waals surface area contributed by atoms with E-state index in [-0.39, 0.29) is 35.5 Å². The Bertz CT molecular complexity index is 1320. The highest BCUT2D eigenvalue weighted by Crippen LogP contribution is 2.37. The monoisotopic (exact) mass is 405 g/mol. The van der Waals surface area contributed by atoms with Gasteiger partial charge in [-0.1, -0.05) is 41.1 Å². The summed E-state index contributed by atoms with van der Waals surface area (Å²) in [6, 6.07) is 12.8. The summed E-state index contributed by atoms with van der Waals surface area (Å²) in [7, 11) is 0. The second-order valence-corrected chi connectivity index (χ2v) is 7.42. The molecule has 0 amide bonds. The molecular formula is C21H19N5O4. The average Bonchev–Trinajstić information content (AvgIpc) is 3.41. The fourth-order valence-corrected chi connectivity index (χ4v) is 3.65. The van der Waals surface area contributed by atoms with Gasteiger partial charge in [0.15, 0.2) is 5.82 Å². The van der Waals surface area contributed by atoms with Gasteiger partial charge in [-0.3, -0.25) is 14.0 Å². The van der Waals surface area contributed by atoms with Gasteiger partial charge in [-0.05, 0) is 25.0 Å². The first-order valence-corrected chi connectivity index (χ1v) is 9.66. The van der Waals surface area contributed by atoms with Crippen molar-refractivity contribution < 1.29 is 9.26 Å². The Morgan fingerprint density at radius 2 is 1.97 bits per heavy atom. The zero-order valence-corrected chi connectivity index (χ0v) is 16.3. The smallest absolute Gasteiger partial charge is 0.291 e. The van der Waals surface area contributed by atoms with Crippen LogP contribution in [0.5, 0.6) is 0 Å². The van der Waals surface area contributed by atoms with Crippen LogP contribution >= 0.6 is 0 Å². The van der Waals surface area contributed by atoms with Crippen molar-refractivity contribution in [1.82, 2.24) is 24.3 Å². The van der Waals surface area contributed by atoms with Crippen molar-refractivity contribution >= 4 is 5.52 Å². The summed E-state index contributed by atoms with van der Waals surface area (Å²) >= 11 is 0. The summed E-state index contributed by atoms with van der Waals surface area (Å²) in [5, 5.41) is 8.12. The molecule has 0 aliphatic carbocycles. The maximum Gasteiger partial charge on any atom is 0.291 e. The number of hydrogen-bond acceptors (Lipinski definition) is 7. The van der Waals surface area contributed by atoms with E-state index in [0.717, 1.165) is 12.0 Å². The number of aromatic nitrogens is 5. The van der Waals surface area contributed by atoms with Gasteiger partial charge in [-0.2, -0.15) is 10.1 Å². The zero-order chi connectivity index (χ0) is 20.7. The lowest BCUT2D eigenvalue weighted by molar-refractivity contribution is 0.110. The van der Waals surface area contributed by atoms with Gasteiger partial charge < -0.3 is 9.26 Å². The Hall–Kier alpha value is -3.59. The van der Waals surface area contributed by atoms with Gasteiger partial charge in [0.1, 0.15) is 18.4 Å². The summed E-state index contributed by atoms with van der Waals surface area (Å²) in [5.41, 5.74) is 1.86. The SMILES string of the molecule is Cc1ccc([C@H]2C[C@H](c3noc(Cn4ncn5c(=O)cccc5c4=O)n3)CO2)cc1. The molecule has 2 atom stereocenters. The summed E-state index contributed by atoms with van der Waals surface area (Å²) in [5.74, 6) is 0.861. The van der Waals surface area contributed by atoms with Crippen LogP contribution in [0.15, 0.2) is 62.9 Å². The molecule has 0 unspecified atom stereocenters. The van der Waals surface area contributed by atoms with Crippen molar-refractivity contribution in [1.29, 1.82) is 0 Å². The molecule has 1 aliphatic rings. The lowest BCUT2D eigenvalue weighted by atomic mass is 9.99. The summed E-state index contributed by atoms with van der Waals surface area (Å²) in [6.07, 6.45) is 2.08. The molecule has 4 aromatic rings. The van der Waals surface area contributed by atoms with E-state index < -0.39 is 5.56 Å². The van der Waals surface area contributed by atoms with Crippen molar-refractivity contribution in [3.63, 3.8) is 0 Å². The number of fused-ring (bicyclic) bond motifs is 1. The Kier molecular flexibility index (Phi) is 4.51. The van der Waals surface area contributed by atoms with Crippen molar-refractivity contribution in [2.45, 2.75) is 31.9 Å². The average molecular weight is 405 g/mol. The minimum Gasteiger partial charge on any atom is -0.373 e. The number of nitrogens with zero attached hydrogens (tertiary/aromatic N) is 5. The van der Waals surface area contributed by atoms with Crippen molar-refractivity contribution in [2.75, 3.05) is 6.61 Å². The quantitative estimate of drug-likeness (QED) is 0.510. The first-order valence-electron chi connectivity index (χ1n) is 9.66. The Balaban J connectivity index is 1.33. The van der Waals surface area contributed by atoms with E-state index in [1.54, 1.807) is 12.1 Å². The normalized spacial score (nSPS) is 18.8. The van der Waals surface area contributed by atoms with Crippen LogP contribution in [-0.4, -0.2) is 30.9 Å². The molecular weight excluding hydrogens is 386 g/mol. The lowest BCUT2D eigenvalue weighted by Gasteiger charge is -2.09. The van der Waals surface area contributed by atoms with Gasteiger partial charge in [-0.15, -0.1) is 0 Å². The minimum atomic E-state index is -0.404. The van der Waals surface area contributed by atoms with E-state index in [2.05, 4.69) is 46.4 Å². The maximum absolute atomic E-state index is 12.6. The number of benzene rings is 1. The molecule has 30 heavy (non-hydrogen) atoms. The molecule has 9 heteroatoms. The van der Waals surface area contributed by atoms with Gasteiger partial charge in [0, 0.05) is 12.0 Å². The summed E-state index contributed by atoms with van der Waals surface area (Å²) < 4.78 is 13.7. The highest BCUT2D eigenvalue weighted by molar-refractivity contribution is 5.42. The molecule has 1 fully saturated rings. The predicted octanol–water partition coefficient (Wildman–Crippen LogP) is 1.84. The number of aryl methyl sites for hydroxylation is 1. The largest absolute Gasteiger partial charge is 0.373 e. The van der Waals surface area contributed by atoms with E-state index in [9.17, 15) is 9.59 Å². The molecule has 0 radical (unpaired) electrons. The van der Waals surface area contributed by atoms with Gasteiger partial charge >= 0.3 is 0 Å². The fourth-order valence-electron chi connectivity index (χ4n) is 3.65. The second kappa shape index (κ2) is 7.34. The molecule has 1 aliphatic heterocycles. The molecule has 152 valence electrons. The van der Waals surface area contributed by atoms with Crippen LogP contribution in [0.2, 0.25) is 0 Å². The van der Waals surface area contributed by atoms with Crippen LogP contribution in [0.3, 0.4) is 0 Å². The third-order valence-electron chi connectivity index (χ3n) is 5.33. The number of pyridine rings is 1. The van der Waals surface area contributed by atoms with Gasteiger partial charge in [0.05, 0.1) is 12.7 Å². The van der Waals surface area contributed by atoms with E-state index in [0.29, 0.717) is 12.4 Å². The van der Waals surface area contributed by atoms with Crippen molar-refractivity contribution in [3.8, 4) is 0 Å². The number of rotatable bonds is 4. The molecule has 1 aromatic carbocycles. The van der Waals surface area contributed by atoms with Crippen molar-refractivity contribution in [3.05, 3.63) is 92.3 Å². The third-order valence-corrected chi connectivity index (χ3v) is 5.33. The first kappa shape index (κ1) is 18.4. The van der Waals surface area contributed by atoms with Crippen LogP contribution < -0.4 is 11.1 Å². The van der Waals surface area contributed by atoms with Crippen molar-refractivity contribution in [2.24, 2.45) is 0 Å². The molecule has 0 saturated carbocycles. The van der Waals surface area contributed by atoms with Crippen LogP contribution in [-0.2, 0) is 11.3 Å². The van der Waals surface area contributed by atoms with Gasteiger partial charge in [0.25, 0.3) is 11.1 Å². The highest BCUT2D eigenvalue weighted by Gasteiger charge is 2.31. The number of ether oxygens (including phenoxy) is 1. The molecule has 3 aromatic heterocycles. The van der Waals surface area contributed by atoms with E-state index in [1.807, 2.05) is 0 Å². The predicted molar refractivity (Wildman–Crippen MR) is 106 cm³/mol. The molecule has 0 spiro atoms. The van der Waals surface area contributed by atoms with E-state index in [4.69, 9.17) is 9.26 Å². The summed E-state index contributed by atoms with van der Waals surface area (Å²) in [6.45, 7) is 2.59. The first-order chi connectivity index (χ1) is 14.6. The molecule has 0 bridgehead atoms. The van der Waals surface area contributed by atoms with E-state index >= 15 is 0 Å². The molecule has 0 N–H and O–H groups in total. The van der Waals surface area contributed by atoms with Crippen LogP contribution in [0, 0.1) is 6.92 Å². The Morgan fingerprint density at radius 1 is 1.13 bits per heavy atom. The van der Waals surface area contributed by atoms with Crippen LogP contribution in [0.1, 0.15) is 41.3 Å². The van der Waals surface area contributed by atoms with Crippen LogP contribution in [0.4, 0.5) is 0 Å². The zero-order valence-electron chi connectivity index (χ0n) is 16.3. The molecule has 4 heterocycles. The lowest BCUT2D eigenvalue weighted by Crippen LogP contribution is -2.29. The van der Waals surface area contributed by atoms with Gasteiger partial charge in [0.2, 0.25) is 5.89 Å². The highest BCUT2D eigenvalue weighted by atomic mass is 16.5. The molecule has 1 saturated heterocycles. The molecule has 9 nitrogen and oxygen atoms in total. The molecule has 5 rings (SSSR count). The van der Waals surface area contributed by atoms with Gasteiger partial charge in [-0.25, -0.2) is 4.68 Å². The summed E-state index contributed by atoms with van der Waals surface area (Å²) in [4.78, 5) is 28.9. The number of hydrogen-bond donors (Lipinski definition) is 0. The maximum atomic E-state index is 12.6. The van der Waals surface area contributed by atoms with E-state index in [1.165, 1.54) is 27.0 Å².